The topological polar surface area (TPSA) is 50.3 Å². The minimum atomic E-state index is -0.0122. The monoisotopic (exact) mass is 345 g/mol. The van der Waals surface area contributed by atoms with Crippen LogP contribution < -0.4 is 0 Å². The Kier molecular flexibility index (Phi) is 5.16. The maximum absolute atomic E-state index is 12.9. The lowest BCUT2D eigenvalue weighted by atomic mass is 10.2. The number of aromatic nitrogens is 2. The van der Waals surface area contributed by atoms with Crippen molar-refractivity contribution in [3.8, 4) is 5.69 Å². The molecule has 1 amide bonds. The van der Waals surface area contributed by atoms with Gasteiger partial charge in [-0.2, -0.15) is 0 Å². The van der Waals surface area contributed by atoms with Crippen LogP contribution in [0.4, 0.5) is 0 Å². The van der Waals surface area contributed by atoms with E-state index in [0.29, 0.717) is 29.5 Å². The van der Waals surface area contributed by atoms with Crippen molar-refractivity contribution >= 4 is 18.1 Å². The quantitative estimate of drug-likeness (QED) is 0.845. The molecule has 1 aliphatic heterocycles. The summed E-state index contributed by atoms with van der Waals surface area (Å²) in [5.41, 5.74) is 1.45. The lowest BCUT2D eigenvalue weighted by Gasteiger charge is -2.18. The largest absolute Gasteiger partial charge is 0.376 e. The molecule has 2 aromatic rings. The van der Waals surface area contributed by atoms with Crippen molar-refractivity contribution in [3.63, 3.8) is 0 Å². The van der Waals surface area contributed by atoms with Crippen LogP contribution in [-0.2, 0) is 4.74 Å². The van der Waals surface area contributed by atoms with Crippen LogP contribution in [0.1, 0.15) is 30.8 Å². The van der Waals surface area contributed by atoms with Crippen molar-refractivity contribution in [2.75, 3.05) is 19.7 Å². The predicted octanol–water partition coefficient (Wildman–Crippen LogP) is 3.42. The maximum atomic E-state index is 12.9. The highest BCUT2D eigenvalue weighted by Gasteiger charge is 2.29. The van der Waals surface area contributed by atoms with E-state index in [1.165, 1.54) is 0 Å². The summed E-state index contributed by atoms with van der Waals surface area (Å²) in [6.07, 6.45) is 2.71. The smallest absolute Gasteiger partial charge is 0.272 e. The first-order valence-corrected chi connectivity index (χ1v) is 8.74. The van der Waals surface area contributed by atoms with Crippen LogP contribution in [0.25, 0.3) is 5.69 Å². The van der Waals surface area contributed by atoms with E-state index >= 15 is 0 Å². The summed E-state index contributed by atoms with van der Waals surface area (Å²) in [5.74, 6) is 0.490. The summed E-state index contributed by atoms with van der Waals surface area (Å²) < 4.78 is 8.19. The highest BCUT2D eigenvalue weighted by molar-refractivity contribution is 7.71. The second-order valence-corrected chi connectivity index (χ2v) is 6.93. The molecule has 1 saturated heterocycles. The van der Waals surface area contributed by atoms with Crippen molar-refractivity contribution in [3.05, 3.63) is 47.0 Å². The van der Waals surface area contributed by atoms with Crippen molar-refractivity contribution in [1.82, 2.24) is 14.5 Å². The number of imidazole rings is 1. The molecule has 1 aliphatic rings. The van der Waals surface area contributed by atoms with Crippen molar-refractivity contribution in [2.24, 2.45) is 5.92 Å². The van der Waals surface area contributed by atoms with Gasteiger partial charge in [0, 0.05) is 31.6 Å². The van der Waals surface area contributed by atoms with Crippen LogP contribution in [0.3, 0.4) is 0 Å². The van der Waals surface area contributed by atoms with Crippen LogP contribution in [0.2, 0.25) is 0 Å². The van der Waals surface area contributed by atoms with E-state index in [2.05, 4.69) is 18.8 Å². The van der Waals surface area contributed by atoms with Crippen molar-refractivity contribution in [2.45, 2.75) is 26.4 Å². The number of para-hydroxylation sites is 1. The van der Waals surface area contributed by atoms with E-state index in [-0.39, 0.29) is 12.0 Å². The number of carbonyl (C=O) groups excluding carboxylic acids is 1. The molecule has 1 atom stereocenters. The van der Waals surface area contributed by atoms with E-state index in [1.807, 2.05) is 35.2 Å². The Labute approximate surface area is 147 Å². The molecule has 1 aromatic carbocycles. The van der Waals surface area contributed by atoms with Crippen LogP contribution >= 0.6 is 12.2 Å². The molecule has 6 heteroatoms. The summed E-state index contributed by atoms with van der Waals surface area (Å²) in [5, 5.41) is 0. The summed E-state index contributed by atoms with van der Waals surface area (Å²) in [6.45, 7) is 6.35. The number of amides is 1. The molecule has 1 aromatic heterocycles. The Balaban J connectivity index is 1.76. The number of H-pyrrole nitrogens is 1. The van der Waals surface area contributed by atoms with Gasteiger partial charge in [0.05, 0.1) is 6.10 Å². The Morgan fingerprint density at radius 2 is 2.12 bits per heavy atom. The van der Waals surface area contributed by atoms with Gasteiger partial charge in [0.15, 0.2) is 4.77 Å². The number of benzene rings is 1. The minimum Gasteiger partial charge on any atom is -0.376 e. The molecular weight excluding hydrogens is 322 g/mol. The third kappa shape index (κ3) is 3.60. The van der Waals surface area contributed by atoms with E-state index < -0.39 is 0 Å². The van der Waals surface area contributed by atoms with E-state index in [4.69, 9.17) is 17.0 Å². The van der Waals surface area contributed by atoms with Crippen LogP contribution in [0, 0.1) is 10.7 Å². The SMILES string of the molecule is CC(C)CO[C@@H]1CCN(C(=O)c2c[nH]c(=S)n2-c2ccccc2)C1. The molecule has 1 N–H and O–H groups in total. The van der Waals surface area contributed by atoms with Gasteiger partial charge >= 0.3 is 0 Å². The number of likely N-dealkylation sites (tertiary alicyclic amines) is 1. The highest BCUT2D eigenvalue weighted by Crippen LogP contribution is 2.19. The second kappa shape index (κ2) is 7.32. The molecular formula is C18H23N3O2S. The zero-order valence-electron chi connectivity index (χ0n) is 14.1. The number of nitrogens with zero attached hydrogens (tertiary/aromatic N) is 2. The molecule has 128 valence electrons. The Hall–Kier alpha value is -1.92. The van der Waals surface area contributed by atoms with Gasteiger partial charge in [0.25, 0.3) is 5.91 Å². The maximum Gasteiger partial charge on any atom is 0.272 e. The Morgan fingerprint density at radius 1 is 1.38 bits per heavy atom. The molecule has 24 heavy (non-hydrogen) atoms. The summed E-state index contributed by atoms with van der Waals surface area (Å²) >= 11 is 5.35. The number of ether oxygens (including phenoxy) is 1. The summed E-state index contributed by atoms with van der Waals surface area (Å²) in [6, 6.07) is 9.70. The molecule has 0 bridgehead atoms. The number of hydrogen-bond acceptors (Lipinski definition) is 3. The second-order valence-electron chi connectivity index (χ2n) is 6.54. The fraction of sp³-hybridized carbons (Fsp3) is 0.444. The number of nitrogens with one attached hydrogen (secondary N) is 1. The normalized spacial score (nSPS) is 17.6. The van der Waals surface area contributed by atoms with Gasteiger partial charge in [-0.1, -0.05) is 32.0 Å². The molecule has 0 spiro atoms. The van der Waals surface area contributed by atoms with Gasteiger partial charge in [-0.05, 0) is 36.7 Å². The fourth-order valence-electron chi connectivity index (χ4n) is 2.90. The van der Waals surface area contributed by atoms with Gasteiger partial charge in [0.1, 0.15) is 5.69 Å². The standard InChI is InChI=1S/C18H23N3O2S/c1-13(2)12-23-15-8-9-20(11-15)17(22)16-10-19-18(24)21(16)14-6-4-3-5-7-14/h3-7,10,13,15H,8-9,11-12H2,1-2H3,(H,19,24)/t15-/m1/s1. The zero-order chi connectivity index (χ0) is 17.1. The van der Waals surface area contributed by atoms with Gasteiger partial charge < -0.3 is 14.6 Å². The van der Waals surface area contributed by atoms with Gasteiger partial charge in [-0.15, -0.1) is 0 Å². The number of carbonyl (C=O) groups is 1. The van der Waals surface area contributed by atoms with Crippen LogP contribution in [-0.4, -0.2) is 46.2 Å². The van der Waals surface area contributed by atoms with Crippen molar-refractivity contribution < 1.29 is 9.53 Å². The molecule has 0 radical (unpaired) electrons. The van der Waals surface area contributed by atoms with Crippen LogP contribution in [0.15, 0.2) is 36.5 Å². The molecule has 0 aliphatic carbocycles. The first-order valence-electron chi connectivity index (χ1n) is 8.33. The van der Waals surface area contributed by atoms with Gasteiger partial charge in [-0.25, -0.2) is 0 Å². The first kappa shape index (κ1) is 16.9. The van der Waals surface area contributed by atoms with E-state index in [9.17, 15) is 4.79 Å². The molecule has 3 rings (SSSR count). The third-order valence-corrected chi connectivity index (χ3v) is 4.41. The predicted molar refractivity (Wildman–Crippen MR) is 96.1 cm³/mol. The highest BCUT2D eigenvalue weighted by atomic mass is 32.1. The number of hydrogen-bond donors (Lipinski definition) is 1. The fourth-order valence-corrected chi connectivity index (χ4v) is 3.16. The molecule has 1 fully saturated rings. The van der Waals surface area contributed by atoms with Crippen molar-refractivity contribution in [1.29, 1.82) is 0 Å². The molecule has 0 saturated carbocycles. The van der Waals surface area contributed by atoms with Gasteiger partial charge in [0.2, 0.25) is 0 Å². The minimum absolute atomic E-state index is 0.0122. The van der Waals surface area contributed by atoms with Gasteiger partial charge in [-0.3, -0.25) is 9.36 Å². The number of aromatic amines is 1. The molecule has 5 nitrogen and oxygen atoms in total. The Morgan fingerprint density at radius 3 is 2.83 bits per heavy atom. The molecule has 0 unspecified atom stereocenters. The first-order chi connectivity index (χ1) is 11.6. The average molecular weight is 345 g/mol. The Bertz CT molecular complexity index is 751. The van der Waals surface area contributed by atoms with Crippen LogP contribution in [0.5, 0.6) is 0 Å². The average Bonchev–Trinajstić information content (AvgIpc) is 3.20. The van der Waals surface area contributed by atoms with E-state index in [1.54, 1.807) is 10.8 Å². The zero-order valence-corrected chi connectivity index (χ0v) is 14.9. The number of rotatable bonds is 5. The lowest BCUT2D eigenvalue weighted by Crippen LogP contribution is -2.31. The van der Waals surface area contributed by atoms with E-state index in [0.717, 1.165) is 18.7 Å². The third-order valence-electron chi connectivity index (χ3n) is 4.11. The summed E-state index contributed by atoms with van der Waals surface area (Å²) in [7, 11) is 0. The summed E-state index contributed by atoms with van der Waals surface area (Å²) in [4.78, 5) is 17.8. The molecule has 2 heterocycles. The lowest BCUT2D eigenvalue weighted by molar-refractivity contribution is 0.0395.